The number of imide groups is 1. The van der Waals surface area contributed by atoms with Gasteiger partial charge >= 0.3 is 0 Å². The Kier molecular flexibility index (Phi) is 3.76. The first-order chi connectivity index (χ1) is 12.5. The minimum atomic E-state index is -0.504. The topological polar surface area (TPSA) is 95.6 Å². The van der Waals surface area contributed by atoms with E-state index in [1.165, 1.54) is 0 Å². The molecule has 2 aliphatic heterocycles. The van der Waals surface area contributed by atoms with Gasteiger partial charge in [0.05, 0.1) is 11.1 Å². The molecule has 0 bridgehead atoms. The van der Waals surface area contributed by atoms with Gasteiger partial charge in [0, 0.05) is 17.8 Å². The van der Waals surface area contributed by atoms with Gasteiger partial charge in [-0.25, -0.2) is 0 Å². The number of amides is 4. The highest BCUT2D eigenvalue weighted by molar-refractivity contribution is 6.22. The lowest BCUT2D eigenvalue weighted by Gasteiger charge is -2.18. The summed E-state index contributed by atoms with van der Waals surface area (Å²) in [5, 5.41) is 5.39. The van der Waals surface area contributed by atoms with Gasteiger partial charge < -0.3 is 10.6 Å². The van der Waals surface area contributed by atoms with Crippen molar-refractivity contribution in [2.24, 2.45) is 0 Å². The van der Waals surface area contributed by atoms with Gasteiger partial charge in [-0.15, -0.1) is 0 Å². The molecule has 7 nitrogen and oxygen atoms in total. The van der Waals surface area contributed by atoms with Crippen molar-refractivity contribution >= 4 is 29.3 Å². The second-order valence-corrected chi connectivity index (χ2v) is 6.17. The van der Waals surface area contributed by atoms with E-state index in [1.54, 1.807) is 42.5 Å². The molecule has 2 aromatic rings. The van der Waals surface area contributed by atoms with E-state index in [0.29, 0.717) is 28.9 Å². The first-order valence-electron chi connectivity index (χ1n) is 8.21. The minimum absolute atomic E-state index is 0.178. The van der Waals surface area contributed by atoms with Crippen LogP contribution >= 0.6 is 0 Å². The predicted octanol–water partition coefficient (Wildman–Crippen LogP) is 1.21. The molecule has 2 N–H and O–H groups in total. The third kappa shape index (κ3) is 2.63. The Hall–Kier alpha value is -3.48. The molecular formula is C19H15N3O4. The van der Waals surface area contributed by atoms with E-state index in [9.17, 15) is 19.2 Å². The predicted molar refractivity (Wildman–Crippen MR) is 92.9 cm³/mol. The Morgan fingerprint density at radius 3 is 2.38 bits per heavy atom. The highest BCUT2D eigenvalue weighted by Crippen LogP contribution is 2.23. The number of nitrogens with zero attached hydrogens (tertiary/aromatic N) is 1. The van der Waals surface area contributed by atoms with Gasteiger partial charge in [-0.3, -0.25) is 24.1 Å². The van der Waals surface area contributed by atoms with Crippen LogP contribution in [0.4, 0.5) is 5.69 Å². The van der Waals surface area contributed by atoms with Crippen molar-refractivity contribution in [3.8, 4) is 0 Å². The van der Waals surface area contributed by atoms with E-state index in [0.717, 1.165) is 16.9 Å². The molecule has 0 aromatic heterocycles. The first kappa shape index (κ1) is 16.0. The van der Waals surface area contributed by atoms with Crippen molar-refractivity contribution in [2.45, 2.75) is 6.42 Å². The second-order valence-electron chi connectivity index (χ2n) is 6.17. The Morgan fingerprint density at radius 1 is 1.00 bits per heavy atom. The normalized spacial score (nSPS) is 15.4. The number of benzene rings is 2. The van der Waals surface area contributed by atoms with Gasteiger partial charge in [0.15, 0.2) is 0 Å². The lowest BCUT2D eigenvalue weighted by atomic mass is 10.00. The summed E-state index contributed by atoms with van der Waals surface area (Å²) in [6, 6.07) is 11.6. The van der Waals surface area contributed by atoms with Gasteiger partial charge in [0.2, 0.25) is 5.91 Å². The molecule has 2 aliphatic rings. The highest BCUT2D eigenvalue weighted by atomic mass is 16.2. The van der Waals surface area contributed by atoms with Crippen LogP contribution in [0.1, 0.15) is 36.6 Å². The molecule has 26 heavy (non-hydrogen) atoms. The van der Waals surface area contributed by atoms with E-state index >= 15 is 0 Å². The molecule has 7 heteroatoms. The van der Waals surface area contributed by atoms with Gasteiger partial charge in [-0.1, -0.05) is 18.2 Å². The van der Waals surface area contributed by atoms with Gasteiger partial charge in [0.25, 0.3) is 17.7 Å². The standard InChI is InChI=1S/C19H15N3O4/c23-16(10-22-18(25)13-3-1-2-4-14(13)19(22)26)21-12-6-5-11-7-8-20-17(24)15(11)9-12/h1-6,9H,7-8,10H2,(H,20,24)(H,21,23). The SMILES string of the molecule is O=C(CN1C(=O)c2ccccc2C1=O)Nc1ccc2c(c1)C(=O)NCC2. The van der Waals surface area contributed by atoms with Crippen molar-refractivity contribution in [3.63, 3.8) is 0 Å². The van der Waals surface area contributed by atoms with E-state index in [1.807, 2.05) is 0 Å². The zero-order valence-corrected chi connectivity index (χ0v) is 13.7. The number of fused-ring (bicyclic) bond motifs is 2. The largest absolute Gasteiger partial charge is 0.352 e. The molecule has 130 valence electrons. The third-order valence-corrected chi connectivity index (χ3v) is 4.50. The van der Waals surface area contributed by atoms with E-state index in [-0.39, 0.29) is 12.5 Å². The first-order valence-corrected chi connectivity index (χ1v) is 8.21. The quantitative estimate of drug-likeness (QED) is 0.814. The Labute approximate surface area is 149 Å². The van der Waals surface area contributed by atoms with Crippen molar-refractivity contribution in [1.29, 1.82) is 0 Å². The molecule has 0 fully saturated rings. The van der Waals surface area contributed by atoms with Crippen LogP contribution in [0.3, 0.4) is 0 Å². The molecule has 0 spiro atoms. The molecule has 0 unspecified atom stereocenters. The molecule has 0 aliphatic carbocycles. The summed E-state index contributed by atoms with van der Waals surface area (Å²) in [6.07, 6.45) is 0.740. The van der Waals surface area contributed by atoms with Crippen LogP contribution in [-0.4, -0.2) is 41.6 Å². The molecule has 4 rings (SSSR count). The lowest BCUT2D eigenvalue weighted by Crippen LogP contribution is -2.37. The molecule has 0 saturated carbocycles. The summed E-state index contributed by atoms with van der Waals surface area (Å²) in [5.74, 6) is -1.64. The smallest absolute Gasteiger partial charge is 0.262 e. The second kappa shape index (κ2) is 6.11. The number of carbonyl (C=O) groups excluding carboxylic acids is 4. The minimum Gasteiger partial charge on any atom is -0.352 e. The Morgan fingerprint density at radius 2 is 1.69 bits per heavy atom. The van der Waals surface area contributed by atoms with Crippen LogP contribution in [0.25, 0.3) is 0 Å². The summed E-state index contributed by atoms with van der Waals surface area (Å²) < 4.78 is 0. The number of hydrogen-bond acceptors (Lipinski definition) is 4. The number of nitrogens with one attached hydrogen (secondary N) is 2. The van der Waals surface area contributed by atoms with Crippen molar-refractivity contribution in [1.82, 2.24) is 10.2 Å². The van der Waals surface area contributed by atoms with Gasteiger partial charge in [-0.2, -0.15) is 0 Å². The van der Waals surface area contributed by atoms with Crippen LogP contribution in [0, 0.1) is 0 Å². The van der Waals surface area contributed by atoms with Gasteiger partial charge in [-0.05, 0) is 36.2 Å². The van der Waals surface area contributed by atoms with Crippen LogP contribution < -0.4 is 10.6 Å². The number of hydrogen-bond donors (Lipinski definition) is 2. The molecule has 0 saturated heterocycles. The maximum Gasteiger partial charge on any atom is 0.262 e. The summed E-state index contributed by atoms with van der Waals surface area (Å²) >= 11 is 0. The van der Waals surface area contributed by atoms with Crippen LogP contribution in [-0.2, 0) is 11.2 Å². The van der Waals surface area contributed by atoms with Crippen LogP contribution in [0.2, 0.25) is 0 Å². The zero-order valence-electron chi connectivity index (χ0n) is 13.7. The summed E-state index contributed by atoms with van der Waals surface area (Å²) in [4.78, 5) is 49.7. The van der Waals surface area contributed by atoms with E-state index < -0.39 is 17.7 Å². The fourth-order valence-electron chi connectivity index (χ4n) is 3.22. The summed E-state index contributed by atoms with van der Waals surface area (Å²) in [6.45, 7) is 0.215. The molecule has 0 radical (unpaired) electrons. The fraction of sp³-hybridized carbons (Fsp3) is 0.158. The molecule has 0 atom stereocenters. The highest BCUT2D eigenvalue weighted by Gasteiger charge is 2.36. The van der Waals surface area contributed by atoms with Gasteiger partial charge in [0.1, 0.15) is 6.54 Å². The molecule has 4 amide bonds. The van der Waals surface area contributed by atoms with Crippen LogP contribution in [0.15, 0.2) is 42.5 Å². The van der Waals surface area contributed by atoms with E-state index in [2.05, 4.69) is 10.6 Å². The van der Waals surface area contributed by atoms with Crippen molar-refractivity contribution in [3.05, 3.63) is 64.7 Å². The van der Waals surface area contributed by atoms with E-state index in [4.69, 9.17) is 0 Å². The average Bonchev–Trinajstić information content (AvgIpc) is 2.88. The summed E-state index contributed by atoms with van der Waals surface area (Å²) in [5.41, 5.74) is 2.50. The summed E-state index contributed by atoms with van der Waals surface area (Å²) in [7, 11) is 0. The maximum absolute atomic E-state index is 12.3. The molecule has 2 heterocycles. The number of carbonyl (C=O) groups is 4. The third-order valence-electron chi connectivity index (χ3n) is 4.50. The van der Waals surface area contributed by atoms with Crippen LogP contribution in [0.5, 0.6) is 0 Å². The molecule has 2 aromatic carbocycles. The number of rotatable bonds is 3. The lowest BCUT2D eigenvalue weighted by molar-refractivity contribution is -0.116. The van der Waals surface area contributed by atoms with Crippen molar-refractivity contribution in [2.75, 3.05) is 18.4 Å². The molecular weight excluding hydrogens is 334 g/mol. The fourth-order valence-corrected chi connectivity index (χ4v) is 3.22. The van der Waals surface area contributed by atoms with Crippen molar-refractivity contribution < 1.29 is 19.2 Å². The number of anilines is 1. The zero-order chi connectivity index (χ0) is 18.3. The monoisotopic (exact) mass is 349 g/mol. The maximum atomic E-state index is 12.3. The Balaban J connectivity index is 1.49. The Bertz CT molecular complexity index is 932. The average molecular weight is 349 g/mol.